The lowest BCUT2D eigenvalue weighted by Gasteiger charge is -2.30. The fourth-order valence-corrected chi connectivity index (χ4v) is 2.69. The summed E-state index contributed by atoms with van der Waals surface area (Å²) in [5.41, 5.74) is 0. The molecule has 0 radical (unpaired) electrons. The van der Waals surface area contributed by atoms with Gasteiger partial charge in [0.2, 0.25) is 0 Å². The van der Waals surface area contributed by atoms with E-state index < -0.39 is 22.2 Å². The molecule has 8 heteroatoms. The fourth-order valence-electron chi connectivity index (χ4n) is 1.56. The minimum Gasteiger partial charge on any atom is -0.480 e. The molecule has 1 unspecified atom stereocenters. The third-order valence-electron chi connectivity index (χ3n) is 2.22. The summed E-state index contributed by atoms with van der Waals surface area (Å²) in [5.74, 6) is -1.18. The smallest absolute Gasteiger partial charge is 0.322 e. The molecule has 0 saturated carbocycles. The Morgan fingerprint density at radius 2 is 2.20 bits per heavy atom. The molecule has 1 atom stereocenters. The number of carbonyl (C=O) groups is 1. The van der Waals surface area contributed by atoms with Crippen molar-refractivity contribution < 1.29 is 18.3 Å². The predicted molar refractivity (Wildman–Crippen MR) is 49.6 cm³/mol. The number of piperidine rings is 1. The molecule has 0 aromatic carbocycles. The zero-order valence-electron chi connectivity index (χ0n) is 7.88. The van der Waals surface area contributed by atoms with E-state index in [2.05, 4.69) is 0 Å². The molecule has 2 N–H and O–H groups in total. The largest absolute Gasteiger partial charge is 0.480 e. The van der Waals surface area contributed by atoms with Crippen molar-refractivity contribution in [2.24, 2.45) is 0 Å². The fraction of sp³-hybridized carbons (Fsp3) is 0.714. The molecular weight excluding hydrogens is 222 g/mol. The molecule has 0 amide bonds. The monoisotopic (exact) mass is 233 g/mol. The van der Waals surface area contributed by atoms with E-state index in [1.54, 1.807) is 4.72 Å². The molecule has 0 aromatic rings. The van der Waals surface area contributed by atoms with Gasteiger partial charge in [-0.25, -0.2) is 4.72 Å². The first-order valence-electron chi connectivity index (χ1n) is 4.39. The summed E-state index contributed by atoms with van der Waals surface area (Å²) in [6, 6.07) is -1.07. The van der Waals surface area contributed by atoms with Crippen molar-refractivity contribution in [2.75, 3.05) is 6.54 Å². The van der Waals surface area contributed by atoms with E-state index in [-0.39, 0.29) is 13.0 Å². The van der Waals surface area contributed by atoms with Gasteiger partial charge >= 0.3 is 16.2 Å². The lowest BCUT2D eigenvalue weighted by Crippen LogP contribution is -2.51. The third-order valence-corrected chi connectivity index (χ3v) is 3.63. The van der Waals surface area contributed by atoms with Gasteiger partial charge < -0.3 is 5.11 Å². The minimum absolute atomic E-state index is 0.133. The maximum absolute atomic E-state index is 11.4. The van der Waals surface area contributed by atoms with Gasteiger partial charge in [0.25, 0.3) is 0 Å². The molecule has 1 fully saturated rings. The Balaban J connectivity index is 2.91. The van der Waals surface area contributed by atoms with E-state index in [0.29, 0.717) is 12.8 Å². The summed E-state index contributed by atoms with van der Waals surface area (Å²) in [7, 11) is -3.99. The average Bonchev–Trinajstić information content (AvgIpc) is 2.17. The van der Waals surface area contributed by atoms with Crippen molar-refractivity contribution >= 4 is 16.2 Å². The maximum atomic E-state index is 11.4. The Labute approximate surface area is 87.5 Å². The Morgan fingerprint density at radius 3 is 2.73 bits per heavy atom. The number of nitriles is 1. The van der Waals surface area contributed by atoms with Crippen LogP contribution in [0.3, 0.4) is 0 Å². The molecule has 7 nitrogen and oxygen atoms in total. The van der Waals surface area contributed by atoms with Gasteiger partial charge in [0.05, 0.1) is 0 Å². The van der Waals surface area contributed by atoms with Crippen molar-refractivity contribution in [3.8, 4) is 6.19 Å². The Morgan fingerprint density at radius 1 is 1.53 bits per heavy atom. The SMILES string of the molecule is N#CNS(=O)(=O)N1CCCCC1C(=O)O. The van der Waals surface area contributed by atoms with Gasteiger partial charge in [-0.3, -0.25) is 4.79 Å². The second-order valence-corrected chi connectivity index (χ2v) is 4.80. The molecule has 1 rings (SSSR count). The molecule has 0 aromatic heterocycles. The van der Waals surface area contributed by atoms with Crippen LogP contribution in [0.4, 0.5) is 0 Å². The highest BCUT2D eigenvalue weighted by Crippen LogP contribution is 2.19. The van der Waals surface area contributed by atoms with Crippen molar-refractivity contribution in [1.82, 2.24) is 9.03 Å². The van der Waals surface area contributed by atoms with Crippen LogP contribution in [0.15, 0.2) is 0 Å². The van der Waals surface area contributed by atoms with Crippen LogP contribution < -0.4 is 4.72 Å². The van der Waals surface area contributed by atoms with Gasteiger partial charge in [-0.2, -0.15) is 18.0 Å². The Bertz CT molecular complexity index is 386. The summed E-state index contributed by atoms with van der Waals surface area (Å²) >= 11 is 0. The third kappa shape index (κ3) is 2.57. The van der Waals surface area contributed by atoms with Gasteiger partial charge in [0.1, 0.15) is 6.04 Å². The van der Waals surface area contributed by atoms with Crippen LogP contribution in [0.25, 0.3) is 0 Å². The zero-order valence-corrected chi connectivity index (χ0v) is 8.70. The number of hydrogen-bond donors (Lipinski definition) is 2. The van der Waals surface area contributed by atoms with Crippen LogP contribution in [0.1, 0.15) is 19.3 Å². The van der Waals surface area contributed by atoms with Crippen LogP contribution in [0, 0.1) is 11.5 Å². The molecule has 15 heavy (non-hydrogen) atoms. The van der Waals surface area contributed by atoms with Crippen molar-refractivity contribution in [2.45, 2.75) is 25.3 Å². The molecule has 84 valence electrons. The first-order chi connectivity index (χ1) is 6.99. The van der Waals surface area contributed by atoms with Crippen LogP contribution in [0.5, 0.6) is 0 Å². The lowest BCUT2D eigenvalue weighted by molar-refractivity contribution is -0.142. The zero-order chi connectivity index (χ0) is 11.5. The second-order valence-electron chi connectivity index (χ2n) is 3.18. The van der Waals surface area contributed by atoms with Crippen LogP contribution >= 0.6 is 0 Å². The second kappa shape index (κ2) is 4.46. The highest BCUT2D eigenvalue weighted by molar-refractivity contribution is 7.87. The van der Waals surface area contributed by atoms with Gasteiger partial charge in [0.15, 0.2) is 6.19 Å². The van der Waals surface area contributed by atoms with E-state index in [1.165, 1.54) is 6.19 Å². The van der Waals surface area contributed by atoms with Gasteiger partial charge in [-0.1, -0.05) is 0 Å². The molecule has 0 bridgehead atoms. The summed E-state index contributed by atoms with van der Waals surface area (Å²) in [5, 5.41) is 17.1. The topological polar surface area (TPSA) is 111 Å². The van der Waals surface area contributed by atoms with Crippen LogP contribution in [-0.2, 0) is 15.0 Å². The first kappa shape index (κ1) is 11.7. The summed E-state index contributed by atoms with van der Waals surface area (Å²) in [6.07, 6.45) is 2.86. The average molecular weight is 233 g/mol. The molecule has 1 aliphatic rings. The molecule has 0 aliphatic carbocycles. The number of carboxylic acids is 1. The van der Waals surface area contributed by atoms with Gasteiger partial charge in [-0.15, -0.1) is 0 Å². The van der Waals surface area contributed by atoms with E-state index >= 15 is 0 Å². The van der Waals surface area contributed by atoms with Crippen LogP contribution in [-0.4, -0.2) is 36.4 Å². The molecule has 1 saturated heterocycles. The minimum atomic E-state index is -3.99. The highest BCUT2D eigenvalue weighted by atomic mass is 32.2. The van der Waals surface area contributed by atoms with Crippen LogP contribution in [0.2, 0.25) is 0 Å². The number of hydrogen-bond acceptors (Lipinski definition) is 4. The number of carboxylic acid groups (broad SMARTS) is 1. The van der Waals surface area contributed by atoms with Gasteiger partial charge in [0, 0.05) is 6.54 Å². The highest BCUT2D eigenvalue weighted by Gasteiger charge is 2.36. The summed E-state index contributed by atoms with van der Waals surface area (Å²) in [4.78, 5) is 10.8. The number of nitrogens with zero attached hydrogens (tertiary/aromatic N) is 2. The molecule has 0 spiro atoms. The lowest BCUT2D eigenvalue weighted by atomic mass is 10.1. The first-order valence-corrected chi connectivity index (χ1v) is 5.83. The summed E-state index contributed by atoms with van der Waals surface area (Å²) in [6.45, 7) is 0.133. The molecule has 1 heterocycles. The van der Waals surface area contributed by atoms with E-state index in [0.717, 1.165) is 4.31 Å². The normalized spacial score (nSPS) is 23.0. The number of nitrogens with one attached hydrogen (secondary N) is 1. The van der Waals surface area contributed by atoms with Crippen molar-refractivity contribution in [3.05, 3.63) is 0 Å². The number of rotatable bonds is 3. The van der Waals surface area contributed by atoms with E-state index in [9.17, 15) is 13.2 Å². The summed E-state index contributed by atoms with van der Waals surface area (Å²) < 4.78 is 25.3. The molecule has 1 aliphatic heterocycles. The maximum Gasteiger partial charge on any atom is 0.322 e. The van der Waals surface area contributed by atoms with E-state index in [4.69, 9.17) is 10.4 Å². The van der Waals surface area contributed by atoms with Crippen molar-refractivity contribution in [1.29, 1.82) is 5.26 Å². The quantitative estimate of drug-likeness (QED) is 0.491. The number of aliphatic carboxylic acids is 1. The molecular formula is C7H11N3O4S. The Hall–Kier alpha value is -1.33. The van der Waals surface area contributed by atoms with Gasteiger partial charge in [-0.05, 0) is 19.3 Å². The predicted octanol–water partition coefficient (Wildman–Crippen LogP) is -0.759. The standard InChI is InChI=1S/C7H11N3O4S/c8-5-9-15(13,14)10-4-2-1-3-6(10)7(11)12/h6,9H,1-4H2,(H,11,12). The van der Waals surface area contributed by atoms with Crippen molar-refractivity contribution in [3.63, 3.8) is 0 Å². The van der Waals surface area contributed by atoms with E-state index in [1.807, 2.05) is 0 Å². The Kier molecular flexibility index (Phi) is 3.49.